The molecular formula is C53H86N9O11P. The Morgan fingerprint density at radius 1 is 0.905 bits per heavy atom. The Hall–Kier alpha value is -4.91. The topological polar surface area (TPSA) is 265 Å². The first-order chi connectivity index (χ1) is 35.0. The average Bonchev–Trinajstić information content (AvgIpc) is 3.87. The van der Waals surface area contributed by atoms with Gasteiger partial charge >= 0.3 is 7.75 Å². The van der Waals surface area contributed by atoms with Crippen LogP contribution in [0.25, 0.3) is 10.4 Å². The maximum atomic E-state index is 14.6. The van der Waals surface area contributed by atoms with Crippen LogP contribution < -0.4 is 16.0 Å². The number of likely N-dealkylation sites (N-methyl/N-ethyl adjacent to an activating group) is 2. The highest BCUT2D eigenvalue weighted by molar-refractivity contribution is 7.50. The van der Waals surface area contributed by atoms with E-state index in [4.69, 9.17) is 19.5 Å². The Morgan fingerprint density at radius 3 is 2.15 bits per heavy atom. The van der Waals surface area contributed by atoms with Crippen molar-refractivity contribution in [1.29, 1.82) is 0 Å². The average molecular weight is 1060 g/mol. The maximum Gasteiger partial charge on any atom is 0.406 e. The standard InChI is InChI=1S/C53H86N9O11P/c1-13-36(6)47(43(71-11)32-44(63)62-30-27-42(33-62)49(72-12)37(7)50(65)57-38(8)48(64)40-21-17-14-18-22-40)60(9)53(68)45(34(2)3)58-52(67)46(35(4)5)61(10)74(69,70)73-31-29-55-51(66)41-25-23-39(24-26-41)20-16-15-19-28-56-59-54/h14,17-18,21-26,34-38,42-43,45-49,64H,13,15-16,19-20,27-33H2,1-12H3,(H,55,66)(H,57,65)(H,58,67)(H,69,70)/t36-,37+,38+,42?,43+,45-,46-,47-,48+,49+/m0/s1. The van der Waals surface area contributed by atoms with Crippen molar-refractivity contribution in [3.05, 3.63) is 81.7 Å². The number of carbonyl (C=O) groups is 5. The van der Waals surface area contributed by atoms with Gasteiger partial charge in [-0.25, -0.2) is 4.57 Å². The van der Waals surface area contributed by atoms with E-state index in [1.165, 1.54) is 14.2 Å². The molecule has 3 rings (SSSR count). The molecule has 0 spiro atoms. The van der Waals surface area contributed by atoms with Crippen LogP contribution in [0.5, 0.6) is 0 Å². The van der Waals surface area contributed by atoms with E-state index in [9.17, 15) is 38.5 Å². The summed E-state index contributed by atoms with van der Waals surface area (Å²) >= 11 is 0. The summed E-state index contributed by atoms with van der Waals surface area (Å²) in [6, 6.07) is 12.9. The van der Waals surface area contributed by atoms with Gasteiger partial charge in [0.15, 0.2) is 0 Å². The normalized spacial score (nSPS) is 18.2. The summed E-state index contributed by atoms with van der Waals surface area (Å²) in [5, 5.41) is 22.9. The van der Waals surface area contributed by atoms with Crippen molar-refractivity contribution in [3.63, 3.8) is 0 Å². The largest absolute Gasteiger partial charge is 0.406 e. The van der Waals surface area contributed by atoms with Crippen molar-refractivity contribution in [2.24, 2.45) is 34.7 Å². The Labute approximate surface area is 439 Å². The number of hydrogen-bond donors (Lipinski definition) is 5. The van der Waals surface area contributed by atoms with E-state index in [1.54, 1.807) is 89.8 Å². The number of nitrogens with one attached hydrogen (secondary N) is 3. The molecular weight excluding hydrogens is 970 g/mol. The molecule has 1 aliphatic heterocycles. The van der Waals surface area contributed by atoms with Crippen LogP contribution >= 0.6 is 7.75 Å². The van der Waals surface area contributed by atoms with Crippen LogP contribution in [-0.2, 0) is 44.2 Å². The Bertz CT molecular complexity index is 2180. The summed E-state index contributed by atoms with van der Waals surface area (Å²) < 4.78 is 31.9. The zero-order chi connectivity index (χ0) is 55.3. The number of ether oxygens (including phenoxy) is 2. The molecule has 20 nitrogen and oxygen atoms in total. The number of likely N-dealkylation sites (tertiary alicyclic amines) is 1. The molecule has 414 valence electrons. The summed E-state index contributed by atoms with van der Waals surface area (Å²) in [6.07, 6.45) is 2.55. The molecule has 5 amide bonds. The molecule has 2 aromatic carbocycles. The van der Waals surface area contributed by atoms with Gasteiger partial charge < -0.3 is 45.2 Å². The number of azide groups is 1. The van der Waals surface area contributed by atoms with Crippen LogP contribution in [0.2, 0.25) is 0 Å². The van der Waals surface area contributed by atoms with Crippen LogP contribution in [0, 0.1) is 29.6 Å². The quantitative estimate of drug-likeness (QED) is 0.0169. The van der Waals surface area contributed by atoms with E-state index in [1.807, 2.05) is 44.2 Å². The minimum atomic E-state index is -4.61. The molecule has 1 saturated heterocycles. The second kappa shape index (κ2) is 31.2. The number of unbranched alkanes of at least 4 members (excludes halogenated alkanes) is 2. The number of methoxy groups -OCH3 is 2. The van der Waals surface area contributed by atoms with Gasteiger partial charge in [-0.05, 0) is 86.2 Å². The number of carbonyl (C=O) groups excluding carboxylic acids is 5. The van der Waals surface area contributed by atoms with E-state index < -0.39 is 79.8 Å². The van der Waals surface area contributed by atoms with E-state index in [0.717, 1.165) is 35.9 Å². The molecule has 5 N–H and O–H groups in total. The Balaban J connectivity index is 1.63. The highest BCUT2D eigenvalue weighted by Crippen LogP contribution is 2.47. The van der Waals surface area contributed by atoms with E-state index in [-0.39, 0.29) is 49.1 Å². The van der Waals surface area contributed by atoms with Crippen molar-refractivity contribution in [2.45, 2.75) is 143 Å². The molecule has 0 aliphatic carbocycles. The van der Waals surface area contributed by atoms with Gasteiger partial charge in [0.05, 0.1) is 49.3 Å². The van der Waals surface area contributed by atoms with E-state index >= 15 is 0 Å². The molecule has 0 radical (unpaired) electrons. The summed E-state index contributed by atoms with van der Waals surface area (Å²) in [5.41, 5.74) is 10.6. The van der Waals surface area contributed by atoms with Crippen molar-refractivity contribution in [1.82, 2.24) is 30.4 Å². The van der Waals surface area contributed by atoms with Crippen molar-refractivity contribution >= 4 is 37.3 Å². The molecule has 2 unspecified atom stereocenters. The number of benzene rings is 2. The molecule has 1 aliphatic rings. The van der Waals surface area contributed by atoms with Crippen LogP contribution in [0.3, 0.4) is 0 Å². The zero-order valence-electron chi connectivity index (χ0n) is 45.8. The van der Waals surface area contributed by atoms with Gasteiger partial charge in [-0.3, -0.25) is 28.5 Å². The lowest BCUT2D eigenvalue weighted by atomic mass is 9.89. The first-order valence-electron chi connectivity index (χ1n) is 26.1. The molecule has 0 saturated carbocycles. The number of aryl methyl sites for hydroxylation is 1. The fourth-order valence-corrected chi connectivity index (χ4v) is 10.9. The number of amides is 5. The molecule has 0 aromatic heterocycles. The maximum absolute atomic E-state index is 14.6. The lowest BCUT2D eigenvalue weighted by molar-refractivity contribution is -0.146. The van der Waals surface area contributed by atoms with Crippen LogP contribution in [-0.4, -0.2) is 151 Å². The second-order valence-electron chi connectivity index (χ2n) is 20.4. The predicted octanol–water partition coefficient (Wildman–Crippen LogP) is 6.67. The fraction of sp³-hybridized carbons (Fsp3) is 0.679. The number of rotatable bonds is 32. The number of hydrogen-bond acceptors (Lipinski definition) is 11. The fourth-order valence-electron chi connectivity index (χ4n) is 9.75. The number of nitrogens with zero attached hydrogens (tertiary/aromatic N) is 6. The minimum absolute atomic E-state index is 0.0379. The third-order valence-corrected chi connectivity index (χ3v) is 15.9. The van der Waals surface area contributed by atoms with Crippen molar-refractivity contribution < 1.29 is 52.5 Å². The monoisotopic (exact) mass is 1060 g/mol. The highest BCUT2D eigenvalue weighted by Gasteiger charge is 2.43. The van der Waals surface area contributed by atoms with Crippen molar-refractivity contribution in [2.75, 3.05) is 61.1 Å². The predicted molar refractivity (Wildman–Crippen MR) is 284 cm³/mol. The first-order valence-corrected chi connectivity index (χ1v) is 27.6. The zero-order valence-corrected chi connectivity index (χ0v) is 46.7. The number of aliphatic hydroxyl groups is 1. The third-order valence-electron chi connectivity index (χ3n) is 14.4. The van der Waals surface area contributed by atoms with Crippen LogP contribution in [0.15, 0.2) is 59.7 Å². The van der Waals surface area contributed by atoms with Gasteiger partial charge in [-0.2, -0.15) is 4.67 Å². The molecule has 2 aromatic rings. The second-order valence-corrected chi connectivity index (χ2v) is 22.2. The molecule has 74 heavy (non-hydrogen) atoms. The van der Waals surface area contributed by atoms with Gasteiger partial charge in [-0.15, -0.1) is 0 Å². The van der Waals surface area contributed by atoms with E-state index in [0.29, 0.717) is 43.6 Å². The summed E-state index contributed by atoms with van der Waals surface area (Å²) in [4.78, 5) is 86.3. The molecule has 1 fully saturated rings. The SMILES string of the molecule is CC[C@H](C)[C@@H]([C@@H](CC(=O)N1CCC([C@H](OC)[C@@H](C)C(=O)N[C@H](C)[C@@H](O)c2ccccc2)C1)OC)N(C)C(=O)[C@@H](NC(=O)[C@H](C(C)C)N(C)P(=O)(O)OCCNC(=O)c1ccc(CCCCCN=[N+]=[N-])cc1)C(C)C. The van der Waals surface area contributed by atoms with E-state index in [2.05, 4.69) is 26.0 Å². The Kier molecular flexibility index (Phi) is 26.7. The van der Waals surface area contributed by atoms with Gasteiger partial charge in [0.1, 0.15) is 12.1 Å². The smallest absolute Gasteiger partial charge is 0.386 e. The highest BCUT2D eigenvalue weighted by atomic mass is 31.2. The molecule has 11 atom stereocenters. The van der Waals surface area contributed by atoms with Crippen LogP contribution in [0.1, 0.15) is 122 Å². The lowest BCUT2D eigenvalue weighted by Gasteiger charge is -2.40. The van der Waals surface area contributed by atoms with Crippen molar-refractivity contribution in [3.8, 4) is 0 Å². The Morgan fingerprint density at radius 2 is 1.57 bits per heavy atom. The van der Waals surface area contributed by atoms with Gasteiger partial charge in [0, 0.05) is 63.8 Å². The van der Waals surface area contributed by atoms with Crippen LogP contribution in [0.4, 0.5) is 0 Å². The molecule has 1 heterocycles. The summed E-state index contributed by atoms with van der Waals surface area (Å²) in [5.74, 6) is -3.69. The first kappa shape index (κ1) is 63.4. The molecule has 0 bridgehead atoms. The lowest BCUT2D eigenvalue weighted by Crippen LogP contribution is -2.59. The van der Waals surface area contributed by atoms with Gasteiger partial charge in [0.25, 0.3) is 5.91 Å². The molecule has 21 heteroatoms. The van der Waals surface area contributed by atoms with Gasteiger partial charge in [-0.1, -0.05) is 109 Å². The number of aliphatic hydroxyl groups excluding tert-OH is 1. The third kappa shape index (κ3) is 18.4. The summed E-state index contributed by atoms with van der Waals surface area (Å²) in [7, 11) is 1.38. The summed E-state index contributed by atoms with van der Waals surface area (Å²) in [6.45, 7) is 15.3. The van der Waals surface area contributed by atoms with Gasteiger partial charge in [0.2, 0.25) is 23.6 Å². The minimum Gasteiger partial charge on any atom is -0.386 e.